The lowest BCUT2D eigenvalue weighted by Gasteiger charge is -2.28. The molecule has 0 aromatic rings. The highest BCUT2D eigenvalue weighted by atomic mass is 16.5. The lowest BCUT2D eigenvalue weighted by molar-refractivity contribution is -0.172. The topological polar surface area (TPSA) is 72.8 Å². The number of rotatable bonds is 7. The van der Waals surface area contributed by atoms with Crippen molar-refractivity contribution in [3.63, 3.8) is 0 Å². The minimum absolute atomic E-state index is 0.142. The van der Waals surface area contributed by atoms with Crippen LogP contribution in [0.4, 0.5) is 0 Å². The minimum Gasteiger partial charge on any atom is -0.480 e. The highest BCUT2D eigenvalue weighted by Crippen LogP contribution is 2.35. The molecule has 18 heavy (non-hydrogen) atoms. The maximum absolute atomic E-state index is 12.0. The first-order valence-electron chi connectivity index (χ1n) is 6.59. The summed E-state index contributed by atoms with van der Waals surface area (Å²) in [5.41, 5.74) is -1.44. The van der Waals surface area contributed by atoms with Gasteiger partial charge in [0.15, 0.2) is 5.41 Å². The summed E-state index contributed by atoms with van der Waals surface area (Å²) in [6, 6.07) is 0. The number of carbonyl (C=O) groups excluding carboxylic acids is 1. The van der Waals surface area contributed by atoms with Gasteiger partial charge in [-0.3, -0.25) is 9.59 Å². The van der Waals surface area contributed by atoms with Crippen molar-refractivity contribution >= 4 is 11.9 Å². The molecule has 1 aliphatic rings. The summed E-state index contributed by atoms with van der Waals surface area (Å²) in [7, 11) is 0. The minimum atomic E-state index is -1.44. The third-order valence-electron chi connectivity index (χ3n) is 3.35. The molecule has 104 valence electrons. The van der Waals surface area contributed by atoms with E-state index in [9.17, 15) is 14.7 Å². The summed E-state index contributed by atoms with van der Waals surface area (Å²) < 4.78 is 10.4. The number of aliphatic carboxylic acids is 1. The highest BCUT2D eigenvalue weighted by molar-refractivity contribution is 5.99. The van der Waals surface area contributed by atoms with Crippen LogP contribution < -0.4 is 0 Å². The second-order valence-electron chi connectivity index (χ2n) is 4.70. The summed E-state index contributed by atoms with van der Waals surface area (Å²) in [5, 5.41) is 9.46. The van der Waals surface area contributed by atoms with Gasteiger partial charge in [-0.05, 0) is 26.2 Å². The van der Waals surface area contributed by atoms with E-state index in [-0.39, 0.29) is 19.1 Å². The van der Waals surface area contributed by atoms with Gasteiger partial charge in [0.1, 0.15) is 0 Å². The molecule has 0 saturated carbocycles. The molecule has 0 aliphatic carbocycles. The Kier molecular flexibility index (Phi) is 5.59. The van der Waals surface area contributed by atoms with E-state index in [1.165, 1.54) is 0 Å². The maximum atomic E-state index is 12.0. The molecule has 1 rings (SSSR count). The summed E-state index contributed by atoms with van der Waals surface area (Å²) in [4.78, 5) is 23.6. The molecule has 2 atom stereocenters. The van der Waals surface area contributed by atoms with Gasteiger partial charge in [0.2, 0.25) is 0 Å². The van der Waals surface area contributed by atoms with Crippen LogP contribution in [0.1, 0.15) is 46.0 Å². The second kappa shape index (κ2) is 6.73. The standard InChI is InChI=1S/C13H22O5/c1-3-7-13(11(14)15,12(16)17-4-2)9-10-6-5-8-18-10/h10H,3-9H2,1-2H3,(H,14,15). The number of carbonyl (C=O) groups is 2. The second-order valence-corrected chi connectivity index (χ2v) is 4.70. The fourth-order valence-electron chi connectivity index (χ4n) is 2.46. The van der Waals surface area contributed by atoms with E-state index in [4.69, 9.17) is 9.47 Å². The van der Waals surface area contributed by atoms with Crippen molar-refractivity contribution in [1.82, 2.24) is 0 Å². The lowest BCUT2D eigenvalue weighted by Crippen LogP contribution is -2.43. The van der Waals surface area contributed by atoms with Gasteiger partial charge in [-0.1, -0.05) is 13.3 Å². The fraction of sp³-hybridized carbons (Fsp3) is 0.846. The lowest BCUT2D eigenvalue weighted by atomic mass is 9.78. The van der Waals surface area contributed by atoms with Crippen LogP contribution in [0.15, 0.2) is 0 Å². The summed E-state index contributed by atoms with van der Waals surface area (Å²) in [5.74, 6) is -1.73. The predicted molar refractivity (Wildman–Crippen MR) is 65.2 cm³/mol. The van der Waals surface area contributed by atoms with Gasteiger partial charge in [-0.15, -0.1) is 0 Å². The Hall–Kier alpha value is -1.10. The SMILES string of the molecule is CCCC(CC1CCCO1)(C(=O)O)C(=O)OCC. The Morgan fingerprint density at radius 1 is 1.44 bits per heavy atom. The first kappa shape index (κ1) is 15.0. The fourth-order valence-corrected chi connectivity index (χ4v) is 2.46. The molecule has 1 saturated heterocycles. The van der Waals surface area contributed by atoms with Crippen LogP contribution in [0.25, 0.3) is 0 Å². The van der Waals surface area contributed by atoms with E-state index in [1.54, 1.807) is 6.92 Å². The average Bonchev–Trinajstić information content (AvgIpc) is 2.81. The molecule has 1 fully saturated rings. The number of hydrogen-bond acceptors (Lipinski definition) is 4. The Morgan fingerprint density at radius 2 is 2.17 bits per heavy atom. The quantitative estimate of drug-likeness (QED) is 0.558. The summed E-state index contributed by atoms with van der Waals surface area (Å²) >= 11 is 0. The van der Waals surface area contributed by atoms with Crippen molar-refractivity contribution in [2.24, 2.45) is 5.41 Å². The molecule has 2 unspecified atom stereocenters. The zero-order chi connectivity index (χ0) is 13.6. The number of carboxylic acids is 1. The molecule has 0 spiro atoms. The van der Waals surface area contributed by atoms with Crippen molar-refractivity contribution < 1.29 is 24.2 Å². The molecule has 0 radical (unpaired) electrons. The molecular weight excluding hydrogens is 236 g/mol. The monoisotopic (exact) mass is 258 g/mol. The third-order valence-corrected chi connectivity index (χ3v) is 3.35. The van der Waals surface area contributed by atoms with Crippen LogP contribution in [0.2, 0.25) is 0 Å². The molecule has 1 aliphatic heterocycles. The first-order chi connectivity index (χ1) is 8.56. The van der Waals surface area contributed by atoms with E-state index in [0.29, 0.717) is 19.4 Å². The van der Waals surface area contributed by atoms with Gasteiger partial charge < -0.3 is 14.6 Å². The Labute approximate surface area is 107 Å². The molecule has 5 nitrogen and oxygen atoms in total. The number of carboxylic acid groups (broad SMARTS) is 1. The summed E-state index contributed by atoms with van der Waals surface area (Å²) in [6.07, 6.45) is 2.73. The highest BCUT2D eigenvalue weighted by Gasteiger charge is 2.48. The van der Waals surface area contributed by atoms with Gasteiger partial charge in [-0.25, -0.2) is 0 Å². The van der Waals surface area contributed by atoms with Crippen molar-refractivity contribution in [3.8, 4) is 0 Å². The van der Waals surface area contributed by atoms with Gasteiger partial charge in [-0.2, -0.15) is 0 Å². The molecule has 1 N–H and O–H groups in total. The van der Waals surface area contributed by atoms with Crippen molar-refractivity contribution in [3.05, 3.63) is 0 Å². The average molecular weight is 258 g/mol. The molecule has 0 bridgehead atoms. The van der Waals surface area contributed by atoms with Crippen LogP contribution in [-0.2, 0) is 19.1 Å². The molecule has 0 aromatic heterocycles. The largest absolute Gasteiger partial charge is 0.480 e. The maximum Gasteiger partial charge on any atom is 0.323 e. The first-order valence-corrected chi connectivity index (χ1v) is 6.59. The van der Waals surface area contributed by atoms with Crippen LogP contribution in [-0.4, -0.2) is 36.4 Å². The zero-order valence-corrected chi connectivity index (χ0v) is 11.1. The van der Waals surface area contributed by atoms with Crippen molar-refractivity contribution in [1.29, 1.82) is 0 Å². The van der Waals surface area contributed by atoms with E-state index in [2.05, 4.69) is 0 Å². The summed E-state index contributed by atoms with van der Waals surface area (Å²) in [6.45, 7) is 4.40. The van der Waals surface area contributed by atoms with Crippen LogP contribution in [0, 0.1) is 5.41 Å². The molecule has 1 heterocycles. The number of esters is 1. The Bertz CT molecular complexity index is 296. The Balaban J connectivity index is 2.88. The van der Waals surface area contributed by atoms with E-state index in [1.807, 2.05) is 6.92 Å². The smallest absolute Gasteiger partial charge is 0.323 e. The number of ether oxygens (including phenoxy) is 2. The molecule has 0 amide bonds. The van der Waals surface area contributed by atoms with Crippen LogP contribution in [0.3, 0.4) is 0 Å². The van der Waals surface area contributed by atoms with Crippen molar-refractivity contribution in [2.45, 2.75) is 52.1 Å². The zero-order valence-electron chi connectivity index (χ0n) is 11.1. The van der Waals surface area contributed by atoms with Gasteiger partial charge >= 0.3 is 11.9 Å². The third kappa shape index (κ3) is 3.22. The van der Waals surface area contributed by atoms with Gasteiger partial charge in [0.25, 0.3) is 0 Å². The van der Waals surface area contributed by atoms with Crippen LogP contribution >= 0.6 is 0 Å². The van der Waals surface area contributed by atoms with Gasteiger partial charge in [0, 0.05) is 13.0 Å². The Morgan fingerprint density at radius 3 is 2.61 bits per heavy atom. The number of hydrogen-bond donors (Lipinski definition) is 1. The predicted octanol–water partition coefficient (Wildman–Crippen LogP) is 1.99. The van der Waals surface area contributed by atoms with Gasteiger partial charge in [0.05, 0.1) is 12.7 Å². The van der Waals surface area contributed by atoms with E-state index < -0.39 is 17.4 Å². The van der Waals surface area contributed by atoms with E-state index in [0.717, 1.165) is 12.8 Å². The normalized spacial score (nSPS) is 22.4. The molecule has 0 aromatic carbocycles. The molecular formula is C13H22O5. The van der Waals surface area contributed by atoms with Crippen LogP contribution in [0.5, 0.6) is 0 Å². The molecule has 5 heteroatoms. The van der Waals surface area contributed by atoms with E-state index >= 15 is 0 Å². The van der Waals surface area contributed by atoms with Crippen molar-refractivity contribution in [2.75, 3.05) is 13.2 Å².